The fourth-order valence-electron chi connectivity index (χ4n) is 5.01. The summed E-state index contributed by atoms with van der Waals surface area (Å²) in [4.78, 5) is 28.5. The van der Waals surface area contributed by atoms with Crippen molar-refractivity contribution in [1.29, 1.82) is 0 Å². The minimum absolute atomic E-state index is 0.138. The summed E-state index contributed by atoms with van der Waals surface area (Å²) in [6.07, 6.45) is 0. The van der Waals surface area contributed by atoms with Crippen LogP contribution in [0.4, 0.5) is 13.9 Å². The van der Waals surface area contributed by atoms with Gasteiger partial charge in [-0.2, -0.15) is 0 Å². The summed E-state index contributed by atoms with van der Waals surface area (Å²) in [6.45, 7) is 2.42. The summed E-state index contributed by atoms with van der Waals surface area (Å²) < 4.78 is 39.6. The Bertz CT molecular complexity index is 1930. The number of amides is 1. The number of hydrogen-bond acceptors (Lipinski definition) is 9. The number of hydrogen-bond donors (Lipinski definition) is 1. The van der Waals surface area contributed by atoms with E-state index in [0.717, 1.165) is 34.6 Å². The van der Waals surface area contributed by atoms with E-state index in [1.54, 1.807) is 30.3 Å². The first-order valence-electron chi connectivity index (χ1n) is 14.5. The van der Waals surface area contributed by atoms with Crippen LogP contribution in [0.5, 0.6) is 11.5 Å². The summed E-state index contributed by atoms with van der Waals surface area (Å²) in [5, 5.41) is 20.0. The van der Waals surface area contributed by atoms with E-state index in [0.29, 0.717) is 33.8 Å². The number of thioether (sulfide) groups is 1. The van der Waals surface area contributed by atoms with Crippen LogP contribution < -0.4 is 14.4 Å². The number of carbonyl (C=O) groups is 2. The number of aliphatic hydroxyl groups is 1. The van der Waals surface area contributed by atoms with Gasteiger partial charge in [0.1, 0.15) is 24.0 Å². The third-order valence-corrected chi connectivity index (χ3v) is 9.39. The molecule has 8 nitrogen and oxygen atoms in total. The minimum Gasteiger partial charge on any atom is -0.507 e. The second-order valence-corrected chi connectivity index (χ2v) is 12.5. The molecule has 2 heterocycles. The molecule has 5 aromatic rings. The van der Waals surface area contributed by atoms with Crippen molar-refractivity contribution in [3.8, 4) is 11.5 Å². The van der Waals surface area contributed by atoms with Crippen LogP contribution in [0.3, 0.4) is 0 Å². The highest BCUT2D eigenvalue weighted by Crippen LogP contribution is 2.45. The quantitative estimate of drug-likeness (QED) is 0.0501. The Morgan fingerprint density at radius 3 is 2.28 bits per heavy atom. The maximum atomic E-state index is 13.7. The van der Waals surface area contributed by atoms with Crippen LogP contribution in [0.2, 0.25) is 0 Å². The molecule has 1 aromatic heterocycles. The lowest BCUT2D eigenvalue weighted by Crippen LogP contribution is -2.29. The number of ketones is 1. The molecule has 0 saturated carbocycles. The lowest BCUT2D eigenvalue weighted by molar-refractivity contribution is -0.132. The van der Waals surface area contributed by atoms with Gasteiger partial charge in [0.25, 0.3) is 5.78 Å². The highest BCUT2D eigenvalue weighted by Gasteiger charge is 2.48. The number of aliphatic hydroxyl groups excluding tert-OH is 1. The average molecular weight is 672 g/mol. The number of nitrogens with zero attached hydrogens (tertiary/aromatic N) is 3. The topological polar surface area (TPSA) is 102 Å². The van der Waals surface area contributed by atoms with Gasteiger partial charge in [-0.3, -0.25) is 14.5 Å². The van der Waals surface area contributed by atoms with Crippen LogP contribution in [0.1, 0.15) is 35.2 Å². The summed E-state index contributed by atoms with van der Waals surface area (Å²) in [6, 6.07) is 24.6. The highest BCUT2D eigenvalue weighted by molar-refractivity contribution is 8.00. The lowest BCUT2D eigenvalue weighted by Gasteiger charge is -2.23. The van der Waals surface area contributed by atoms with E-state index in [9.17, 15) is 23.5 Å². The molecule has 1 aliphatic rings. The molecule has 12 heteroatoms. The minimum atomic E-state index is -1.12. The number of aromatic nitrogens is 2. The van der Waals surface area contributed by atoms with E-state index in [1.165, 1.54) is 40.9 Å². The maximum absolute atomic E-state index is 13.7. The normalized spacial score (nSPS) is 15.6. The van der Waals surface area contributed by atoms with Crippen molar-refractivity contribution in [1.82, 2.24) is 10.2 Å². The molecule has 1 saturated heterocycles. The van der Waals surface area contributed by atoms with Crippen LogP contribution in [0.15, 0.2) is 107 Å². The Hall–Kier alpha value is -5.07. The van der Waals surface area contributed by atoms with E-state index in [2.05, 4.69) is 10.2 Å². The molecule has 4 aromatic carbocycles. The van der Waals surface area contributed by atoms with Crippen molar-refractivity contribution in [2.75, 3.05) is 11.5 Å². The second-order valence-electron chi connectivity index (χ2n) is 10.4. The van der Waals surface area contributed by atoms with Crippen molar-refractivity contribution in [3.05, 3.63) is 137 Å². The molecular weight excluding hydrogens is 645 g/mol. The van der Waals surface area contributed by atoms with Crippen molar-refractivity contribution in [2.45, 2.75) is 29.7 Å². The van der Waals surface area contributed by atoms with Crippen molar-refractivity contribution in [2.24, 2.45) is 0 Å². The molecule has 0 spiro atoms. The van der Waals surface area contributed by atoms with Gasteiger partial charge in [0.2, 0.25) is 5.13 Å². The predicted octanol–water partition coefficient (Wildman–Crippen LogP) is 7.71. The number of anilines is 1. The number of rotatable bonds is 11. The largest absolute Gasteiger partial charge is 0.507 e. The smallest absolute Gasteiger partial charge is 0.301 e. The molecule has 1 fully saturated rings. The van der Waals surface area contributed by atoms with Crippen LogP contribution in [0.25, 0.3) is 5.76 Å². The van der Waals surface area contributed by atoms with Crippen molar-refractivity contribution < 1.29 is 33.0 Å². The molecule has 0 bridgehead atoms. The fourth-order valence-corrected chi connectivity index (χ4v) is 6.83. The third kappa shape index (κ3) is 7.03. The summed E-state index contributed by atoms with van der Waals surface area (Å²) >= 11 is 2.45. The Balaban J connectivity index is 1.39. The fraction of sp³-hybridized carbons (Fsp3) is 0.143. The molecule has 1 amide bonds. The Kier molecular flexibility index (Phi) is 9.60. The van der Waals surface area contributed by atoms with Gasteiger partial charge in [0, 0.05) is 11.3 Å². The molecule has 47 heavy (non-hydrogen) atoms. The van der Waals surface area contributed by atoms with Gasteiger partial charge in [-0.25, -0.2) is 8.78 Å². The number of benzene rings is 4. The van der Waals surface area contributed by atoms with E-state index in [1.807, 2.05) is 37.3 Å². The zero-order valence-corrected chi connectivity index (χ0v) is 26.6. The standard InChI is InChI=1S/C35H27F2N3O5S2/c1-2-44-28-18-24(12-17-27(28)45-19-21-6-4-3-5-7-21)30-29(31(41)23-10-15-26(37)16-11-23)32(42)33(43)40(30)34-38-39-35(47-34)46-20-22-8-13-25(36)14-9-22/h3-18,30,41H,2,19-20H2,1H3. The molecule has 1 aliphatic heterocycles. The summed E-state index contributed by atoms with van der Waals surface area (Å²) in [7, 11) is 0. The van der Waals surface area contributed by atoms with Gasteiger partial charge < -0.3 is 14.6 Å². The SMILES string of the molecule is CCOc1cc(C2C(=C(O)c3ccc(F)cc3)C(=O)C(=O)N2c2nnc(SCc3ccc(F)cc3)s2)ccc1OCc1ccccc1. The first-order valence-corrected chi connectivity index (χ1v) is 16.3. The molecule has 1 unspecified atom stereocenters. The van der Waals surface area contributed by atoms with Gasteiger partial charge in [-0.15, -0.1) is 10.2 Å². The van der Waals surface area contributed by atoms with Gasteiger partial charge >= 0.3 is 5.91 Å². The molecule has 0 aliphatic carbocycles. The van der Waals surface area contributed by atoms with E-state index >= 15 is 0 Å². The molecule has 238 valence electrons. The first-order chi connectivity index (χ1) is 22.8. The van der Waals surface area contributed by atoms with E-state index in [4.69, 9.17) is 9.47 Å². The van der Waals surface area contributed by atoms with E-state index in [-0.39, 0.29) is 28.7 Å². The van der Waals surface area contributed by atoms with Crippen LogP contribution >= 0.6 is 23.1 Å². The van der Waals surface area contributed by atoms with Crippen molar-refractivity contribution in [3.63, 3.8) is 0 Å². The van der Waals surface area contributed by atoms with Gasteiger partial charge in [0.15, 0.2) is 15.8 Å². The van der Waals surface area contributed by atoms with Gasteiger partial charge in [0.05, 0.1) is 18.2 Å². The van der Waals surface area contributed by atoms with E-state index < -0.39 is 29.3 Å². The molecule has 1 atom stereocenters. The Labute approximate surface area is 277 Å². The first kappa shape index (κ1) is 31.9. The predicted molar refractivity (Wildman–Crippen MR) is 175 cm³/mol. The van der Waals surface area contributed by atoms with Crippen molar-refractivity contribution >= 4 is 45.7 Å². The third-order valence-electron chi connectivity index (χ3n) is 7.26. The Morgan fingerprint density at radius 2 is 1.57 bits per heavy atom. The Morgan fingerprint density at radius 1 is 0.872 bits per heavy atom. The van der Waals surface area contributed by atoms with Crippen LogP contribution in [-0.4, -0.2) is 33.6 Å². The zero-order chi connectivity index (χ0) is 32.9. The second kappa shape index (κ2) is 14.1. The monoisotopic (exact) mass is 671 g/mol. The zero-order valence-electron chi connectivity index (χ0n) is 24.9. The molecule has 6 rings (SSSR count). The van der Waals surface area contributed by atoms with Crippen LogP contribution in [-0.2, 0) is 21.9 Å². The molecule has 1 N–H and O–H groups in total. The van der Waals surface area contributed by atoms with Crippen LogP contribution in [0, 0.1) is 11.6 Å². The molecular formula is C35H27F2N3O5S2. The average Bonchev–Trinajstić information content (AvgIpc) is 3.66. The maximum Gasteiger partial charge on any atom is 0.301 e. The van der Waals surface area contributed by atoms with Gasteiger partial charge in [-0.1, -0.05) is 71.6 Å². The number of Topliss-reactive ketones (excluding diaryl/α,β-unsaturated/α-hetero) is 1. The molecule has 0 radical (unpaired) electrons. The summed E-state index contributed by atoms with van der Waals surface area (Å²) in [5.74, 6) is -1.87. The number of ether oxygens (including phenoxy) is 2. The highest BCUT2D eigenvalue weighted by atomic mass is 32.2. The number of halogens is 2. The lowest BCUT2D eigenvalue weighted by atomic mass is 9.95. The van der Waals surface area contributed by atoms with Gasteiger partial charge in [-0.05, 0) is 72.1 Å². The number of carbonyl (C=O) groups excluding carboxylic acids is 2. The summed E-state index contributed by atoms with van der Waals surface area (Å²) in [5.41, 5.74) is 2.23.